The van der Waals surface area contributed by atoms with Crippen molar-refractivity contribution in [3.8, 4) is 11.4 Å². The summed E-state index contributed by atoms with van der Waals surface area (Å²) in [6.45, 7) is 2.26. The Labute approximate surface area is 164 Å². The number of H-pyrrole nitrogens is 1. The molecule has 9 heteroatoms. The lowest BCUT2D eigenvalue weighted by Crippen LogP contribution is -2.15. The van der Waals surface area contributed by atoms with E-state index in [4.69, 9.17) is 12.2 Å². The summed E-state index contributed by atoms with van der Waals surface area (Å²) >= 11 is 5.24. The normalized spacial score (nSPS) is 11.4. The van der Waals surface area contributed by atoms with Crippen molar-refractivity contribution in [1.29, 1.82) is 0 Å². The molecular weight excluding hydrogens is 389 g/mol. The van der Waals surface area contributed by atoms with Gasteiger partial charge >= 0.3 is 6.18 Å². The van der Waals surface area contributed by atoms with E-state index in [2.05, 4.69) is 15.5 Å². The van der Waals surface area contributed by atoms with Crippen LogP contribution in [0.15, 0.2) is 48.5 Å². The number of halogens is 3. The van der Waals surface area contributed by atoms with Crippen LogP contribution in [0.4, 0.5) is 18.9 Å². The van der Waals surface area contributed by atoms with Gasteiger partial charge in [-0.2, -0.15) is 18.3 Å². The summed E-state index contributed by atoms with van der Waals surface area (Å²) in [7, 11) is 0. The van der Waals surface area contributed by atoms with Crippen molar-refractivity contribution in [2.75, 3.05) is 5.32 Å². The molecule has 0 saturated heterocycles. The van der Waals surface area contributed by atoms with E-state index in [1.807, 2.05) is 31.2 Å². The first-order valence-electron chi connectivity index (χ1n) is 8.43. The van der Waals surface area contributed by atoms with E-state index >= 15 is 0 Å². The number of rotatable bonds is 5. The number of hydrogen-bond donors (Lipinski definition) is 2. The molecule has 0 bridgehead atoms. The molecular formula is C19H17F3N4OS. The summed E-state index contributed by atoms with van der Waals surface area (Å²) in [5.41, 5.74) is 1.51. The second-order valence-corrected chi connectivity index (χ2v) is 6.63. The van der Waals surface area contributed by atoms with Gasteiger partial charge in [0.2, 0.25) is 5.91 Å². The van der Waals surface area contributed by atoms with Gasteiger partial charge in [-0.25, -0.2) is 0 Å². The Morgan fingerprint density at radius 3 is 2.39 bits per heavy atom. The van der Waals surface area contributed by atoms with Crippen molar-refractivity contribution < 1.29 is 18.0 Å². The number of amides is 1. The maximum Gasteiger partial charge on any atom is 0.416 e. The minimum Gasteiger partial charge on any atom is -0.326 e. The summed E-state index contributed by atoms with van der Waals surface area (Å²) in [6, 6.07) is 12.0. The summed E-state index contributed by atoms with van der Waals surface area (Å²) in [4.78, 5) is 12.2. The minimum absolute atomic E-state index is 0.0910. The lowest BCUT2D eigenvalue weighted by atomic mass is 10.1. The SMILES string of the molecule is Cc1ccc(-c2n[nH]c(=S)n2CCC(=O)Nc2ccc(C(F)(F)F)cc2)cc1. The largest absolute Gasteiger partial charge is 0.416 e. The van der Waals surface area contributed by atoms with Crippen molar-refractivity contribution in [1.82, 2.24) is 14.8 Å². The van der Waals surface area contributed by atoms with E-state index in [1.54, 1.807) is 4.57 Å². The van der Waals surface area contributed by atoms with Gasteiger partial charge in [0, 0.05) is 24.2 Å². The smallest absolute Gasteiger partial charge is 0.326 e. The van der Waals surface area contributed by atoms with Gasteiger partial charge in [0.25, 0.3) is 0 Å². The number of aryl methyl sites for hydroxylation is 1. The fourth-order valence-corrected chi connectivity index (χ4v) is 2.85. The number of benzene rings is 2. The van der Waals surface area contributed by atoms with E-state index in [0.717, 1.165) is 23.3 Å². The highest BCUT2D eigenvalue weighted by Gasteiger charge is 2.29. The zero-order valence-electron chi connectivity index (χ0n) is 14.9. The Morgan fingerprint density at radius 2 is 1.79 bits per heavy atom. The fourth-order valence-electron chi connectivity index (χ4n) is 2.63. The second-order valence-electron chi connectivity index (χ2n) is 6.24. The number of alkyl halides is 3. The fraction of sp³-hybridized carbons (Fsp3) is 0.211. The highest BCUT2D eigenvalue weighted by atomic mass is 32.1. The summed E-state index contributed by atoms with van der Waals surface area (Å²) in [6.07, 6.45) is -4.32. The Kier molecular flexibility index (Phi) is 5.64. The molecule has 2 aromatic carbocycles. The third kappa shape index (κ3) is 4.66. The predicted molar refractivity (Wildman–Crippen MR) is 102 cm³/mol. The Balaban J connectivity index is 1.66. The summed E-state index contributed by atoms with van der Waals surface area (Å²) < 4.78 is 39.9. The van der Waals surface area contributed by atoms with Crippen LogP contribution in [0, 0.1) is 11.7 Å². The van der Waals surface area contributed by atoms with Crippen LogP contribution in [-0.2, 0) is 17.5 Å². The molecule has 0 aliphatic rings. The molecule has 0 unspecified atom stereocenters. The third-order valence-corrected chi connectivity index (χ3v) is 4.44. The topological polar surface area (TPSA) is 62.7 Å². The molecule has 1 aromatic heterocycles. The van der Waals surface area contributed by atoms with Gasteiger partial charge in [0.15, 0.2) is 10.6 Å². The van der Waals surface area contributed by atoms with Crippen molar-refractivity contribution in [3.05, 3.63) is 64.4 Å². The molecule has 5 nitrogen and oxygen atoms in total. The molecule has 28 heavy (non-hydrogen) atoms. The van der Waals surface area contributed by atoms with Crippen molar-refractivity contribution in [2.24, 2.45) is 0 Å². The van der Waals surface area contributed by atoms with E-state index in [1.165, 1.54) is 12.1 Å². The number of nitrogens with zero attached hydrogens (tertiary/aromatic N) is 2. The van der Waals surface area contributed by atoms with Gasteiger partial charge < -0.3 is 5.32 Å². The van der Waals surface area contributed by atoms with Crippen molar-refractivity contribution >= 4 is 23.8 Å². The molecule has 2 N–H and O–H groups in total. The molecule has 0 fully saturated rings. The van der Waals surface area contributed by atoms with Crippen LogP contribution >= 0.6 is 12.2 Å². The first kappa shape index (κ1) is 19.8. The van der Waals surface area contributed by atoms with Gasteiger partial charge in [-0.15, -0.1) is 0 Å². The maximum atomic E-state index is 12.6. The van der Waals surface area contributed by atoms with Gasteiger partial charge in [0.1, 0.15) is 0 Å². The zero-order valence-corrected chi connectivity index (χ0v) is 15.7. The monoisotopic (exact) mass is 406 g/mol. The molecule has 0 saturated carbocycles. The Hall–Kier alpha value is -2.94. The van der Waals surface area contributed by atoms with Crippen LogP contribution in [0.2, 0.25) is 0 Å². The molecule has 0 aliphatic heterocycles. The van der Waals surface area contributed by atoms with Gasteiger partial charge in [-0.3, -0.25) is 14.5 Å². The Morgan fingerprint density at radius 1 is 1.14 bits per heavy atom. The van der Waals surface area contributed by atoms with Crippen LogP contribution < -0.4 is 5.32 Å². The predicted octanol–water partition coefficient (Wildman–Crippen LogP) is 4.96. The molecule has 3 rings (SSSR count). The molecule has 0 aliphatic carbocycles. The van der Waals surface area contributed by atoms with Gasteiger partial charge in [0.05, 0.1) is 5.56 Å². The number of carbonyl (C=O) groups is 1. The van der Waals surface area contributed by atoms with Crippen LogP contribution in [0.3, 0.4) is 0 Å². The molecule has 146 valence electrons. The van der Waals surface area contributed by atoms with Gasteiger partial charge in [-0.1, -0.05) is 29.8 Å². The number of aromatic amines is 1. The zero-order chi connectivity index (χ0) is 20.3. The number of carbonyl (C=O) groups excluding carboxylic acids is 1. The third-order valence-electron chi connectivity index (χ3n) is 4.13. The van der Waals surface area contributed by atoms with Crippen LogP contribution in [-0.4, -0.2) is 20.7 Å². The lowest BCUT2D eigenvalue weighted by molar-refractivity contribution is -0.137. The quantitative estimate of drug-likeness (QED) is 0.589. The summed E-state index contributed by atoms with van der Waals surface area (Å²) in [5, 5.41) is 9.52. The van der Waals surface area contributed by atoms with E-state index in [-0.39, 0.29) is 18.9 Å². The van der Waals surface area contributed by atoms with Crippen LogP contribution in [0.1, 0.15) is 17.5 Å². The van der Waals surface area contributed by atoms with Crippen LogP contribution in [0.25, 0.3) is 11.4 Å². The molecule has 0 atom stereocenters. The molecule has 3 aromatic rings. The van der Waals surface area contributed by atoms with Crippen LogP contribution in [0.5, 0.6) is 0 Å². The maximum absolute atomic E-state index is 12.6. The minimum atomic E-state index is -4.41. The van der Waals surface area contributed by atoms with Crippen molar-refractivity contribution in [2.45, 2.75) is 26.1 Å². The first-order chi connectivity index (χ1) is 13.2. The summed E-state index contributed by atoms with van der Waals surface area (Å²) in [5.74, 6) is 0.282. The van der Waals surface area contributed by atoms with Gasteiger partial charge in [-0.05, 0) is 43.4 Å². The van der Waals surface area contributed by atoms with E-state index < -0.39 is 11.7 Å². The molecule has 1 amide bonds. The molecule has 0 radical (unpaired) electrons. The number of anilines is 1. The molecule has 0 spiro atoms. The standard InChI is InChI=1S/C19H17F3N4OS/c1-12-2-4-13(5-3-12)17-24-25-18(28)26(17)11-10-16(27)23-15-8-6-14(7-9-15)19(20,21)22/h2-9H,10-11H2,1H3,(H,23,27)(H,25,28). The first-order valence-corrected chi connectivity index (χ1v) is 8.84. The van der Waals surface area contributed by atoms with E-state index in [9.17, 15) is 18.0 Å². The highest BCUT2D eigenvalue weighted by Crippen LogP contribution is 2.29. The molecule has 1 heterocycles. The number of nitrogens with one attached hydrogen (secondary N) is 2. The lowest BCUT2D eigenvalue weighted by Gasteiger charge is -2.10. The average Bonchev–Trinajstić information content (AvgIpc) is 3.01. The average molecular weight is 406 g/mol. The second kappa shape index (κ2) is 7.97. The highest BCUT2D eigenvalue weighted by molar-refractivity contribution is 7.71. The van der Waals surface area contributed by atoms with E-state index in [0.29, 0.717) is 16.3 Å². The Bertz CT molecular complexity index is 1020. The van der Waals surface area contributed by atoms with Crippen molar-refractivity contribution in [3.63, 3.8) is 0 Å². The number of hydrogen-bond acceptors (Lipinski definition) is 3. The number of aromatic nitrogens is 3.